The summed E-state index contributed by atoms with van der Waals surface area (Å²) in [6.45, 7) is 1.97. The third-order valence-corrected chi connectivity index (χ3v) is 2.31. The molecule has 1 aromatic heterocycles. The lowest BCUT2D eigenvalue weighted by molar-refractivity contribution is 0.0519. The first-order valence-electron chi connectivity index (χ1n) is 5.72. The van der Waals surface area contributed by atoms with Gasteiger partial charge in [-0.1, -0.05) is 0 Å². The monoisotopic (exact) mass is 261 g/mol. The van der Waals surface area contributed by atoms with Crippen LogP contribution in [0.15, 0.2) is 36.5 Å². The Morgan fingerprint density at radius 3 is 2.74 bits per heavy atom. The van der Waals surface area contributed by atoms with Gasteiger partial charge in [0.2, 0.25) is 0 Å². The van der Waals surface area contributed by atoms with Gasteiger partial charge >= 0.3 is 5.97 Å². The van der Waals surface area contributed by atoms with E-state index in [9.17, 15) is 9.18 Å². The van der Waals surface area contributed by atoms with Gasteiger partial charge in [0, 0.05) is 5.69 Å². The summed E-state index contributed by atoms with van der Waals surface area (Å²) in [5, 5.41) is 10.4. The maximum Gasteiger partial charge on any atom is 0.361 e. The van der Waals surface area contributed by atoms with Crippen LogP contribution in [0.4, 0.5) is 15.8 Å². The maximum absolute atomic E-state index is 12.8. The normalized spacial score (nSPS) is 10.0. The molecule has 0 aliphatic rings. The molecule has 0 atom stereocenters. The standard InChI is InChI=1S/C13H12FN3O2/c1-2-19-13(18)12-11(7-8-15-17-12)16-10-5-3-9(14)4-6-10/h3-8H,2H2,1H3,(H,15,16). The molecule has 2 rings (SSSR count). The summed E-state index contributed by atoms with van der Waals surface area (Å²) in [6, 6.07) is 7.36. The van der Waals surface area contributed by atoms with Crippen molar-refractivity contribution < 1.29 is 13.9 Å². The fourth-order valence-corrected chi connectivity index (χ4v) is 1.47. The molecule has 6 heteroatoms. The van der Waals surface area contributed by atoms with E-state index in [2.05, 4.69) is 15.5 Å². The molecule has 0 saturated carbocycles. The average molecular weight is 261 g/mol. The number of nitrogens with zero attached hydrogens (tertiary/aromatic N) is 2. The van der Waals surface area contributed by atoms with E-state index in [0.717, 1.165) is 0 Å². The molecular weight excluding hydrogens is 249 g/mol. The molecule has 0 radical (unpaired) electrons. The van der Waals surface area contributed by atoms with Crippen LogP contribution in [-0.4, -0.2) is 22.8 Å². The van der Waals surface area contributed by atoms with Crippen LogP contribution >= 0.6 is 0 Å². The van der Waals surface area contributed by atoms with Crippen molar-refractivity contribution in [1.82, 2.24) is 10.2 Å². The number of rotatable bonds is 4. The Labute approximate surface area is 109 Å². The van der Waals surface area contributed by atoms with E-state index < -0.39 is 5.97 Å². The highest BCUT2D eigenvalue weighted by Crippen LogP contribution is 2.19. The third kappa shape index (κ3) is 3.25. The Kier molecular flexibility index (Phi) is 4.02. The largest absolute Gasteiger partial charge is 0.461 e. The lowest BCUT2D eigenvalue weighted by Gasteiger charge is -2.09. The number of aromatic nitrogens is 2. The maximum atomic E-state index is 12.8. The first-order chi connectivity index (χ1) is 9.20. The highest BCUT2D eigenvalue weighted by molar-refractivity contribution is 5.94. The summed E-state index contributed by atoms with van der Waals surface area (Å²) in [6.07, 6.45) is 1.45. The minimum atomic E-state index is -0.555. The number of halogens is 1. The molecule has 2 aromatic rings. The van der Waals surface area contributed by atoms with Gasteiger partial charge in [-0.25, -0.2) is 9.18 Å². The van der Waals surface area contributed by atoms with E-state index in [0.29, 0.717) is 11.4 Å². The molecule has 0 amide bonds. The van der Waals surface area contributed by atoms with Gasteiger partial charge in [-0.05, 0) is 37.3 Å². The highest BCUT2D eigenvalue weighted by Gasteiger charge is 2.14. The fraction of sp³-hybridized carbons (Fsp3) is 0.154. The molecule has 1 aromatic carbocycles. The fourth-order valence-electron chi connectivity index (χ4n) is 1.47. The Morgan fingerprint density at radius 2 is 2.05 bits per heavy atom. The number of esters is 1. The Hall–Kier alpha value is -2.50. The zero-order valence-corrected chi connectivity index (χ0v) is 10.3. The van der Waals surface area contributed by atoms with Crippen LogP contribution in [-0.2, 0) is 4.74 Å². The van der Waals surface area contributed by atoms with Crippen LogP contribution in [0.2, 0.25) is 0 Å². The second-order valence-electron chi connectivity index (χ2n) is 3.65. The van der Waals surface area contributed by atoms with Crippen molar-refractivity contribution in [1.29, 1.82) is 0 Å². The summed E-state index contributed by atoms with van der Waals surface area (Å²) in [7, 11) is 0. The van der Waals surface area contributed by atoms with Gasteiger partial charge in [-0.3, -0.25) is 0 Å². The van der Waals surface area contributed by atoms with Gasteiger partial charge in [0.15, 0.2) is 5.69 Å². The lowest BCUT2D eigenvalue weighted by Crippen LogP contribution is -2.11. The SMILES string of the molecule is CCOC(=O)c1nnccc1Nc1ccc(F)cc1. The molecule has 1 heterocycles. The summed E-state index contributed by atoms with van der Waals surface area (Å²) in [5.74, 6) is -0.885. The number of hydrogen-bond donors (Lipinski definition) is 1. The second kappa shape index (κ2) is 5.90. The molecule has 0 aliphatic heterocycles. The first-order valence-corrected chi connectivity index (χ1v) is 5.72. The van der Waals surface area contributed by atoms with Crippen LogP contribution in [0.5, 0.6) is 0 Å². The van der Waals surface area contributed by atoms with E-state index in [1.165, 1.54) is 18.3 Å². The number of ether oxygens (including phenoxy) is 1. The number of carbonyl (C=O) groups is 1. The second-order valence-corrected chi connectivity index (χ2v) is 3.65. The summed E-state index contributed by atoms with van der Waals surface area (Å²) >= 11 is 0. The van der Waals surface area contributed by atoms with Crippen molar-refractivity contribution in [3.63, 3.8) is 0 Å². The number of carbonyl (C=O) groups excluding carboxylic acids is 1. The predicted octanol–water partition coefficient (Wildman–Crippen LogP) is 2.54. The molecule has 0 fully saturated rings. The molecular formula is C13H12FN3O2. The van der Waals surface area contributed by atoms with Gasteiger partial charge in [0.25, 0.3) is 0 Å². The number of hydrogen-bond acceptors (Lipinski definition) is 5. The van der Waals surface area contributed by atoms with Crippen molar-refractivity contribution in [2.45, 2.75) is 6.92 Å². The van der Waals surface area contributed by atoms with E-state index in [1.54, 1.807) is 25.1 Å². The van der Waals surface area contributed by atoms with Crippen molar-refractivity contribution in [2.24, 2.45) is 0 Å². The van der Waals surface area contributed by atoms with Gasteiger partial charge in [-0.15, -0.1) is 5.10 Å². The first kappa shape index (κ1) is 12.9. The Balaban J connectivity index is 2.24. The zero-order valence-electron chi connectivity index (χ0n) is 10.3. The van der Waals surface area contributed by atoms with Crippen LogP contribution in [0, 0.1) is 5.82 Å². The van der Waals surface area contributed by atoms with E-state index >= 15 is 0 Å². The quantitative estimate of drug-likeness (QED) is 0.857. The molecule has 0 bridgehead atoms. The van der Waals surface area contributed by atoms with E-state index in [-0.39, 0.29) is 18.1 Å². The van der Waals surface area contributed by atoms with Gasteiger partial charge < -0.3 is 10.1 Å². The summed E-state index contributed by atoms with van der Waals surface area (Å²) in [5.41, 5.74) is 1.19. The molecule has 0 saturated heterocycles. The van der Waals surface area contributed by atoms with Crippen molar-refractivity contribution in [3.8, 4) is 0 Å². The summed E-state index contributed by atoms with van der Waals surface area (Å²) in [4.78, 5) is 11.7. The molecule has 0 aliphatic carbocycles. The lowest BCUT2D eigenvalue weighted by atomic mass is 10.2. The number of nitrogens with one attached hydrogen (secondary N) is 1. The number of anilines is 2. The molecule has 0 spiro atoms. The van der Waals surface area contributed by atoms with Gasteiger partial charge in [-0.2, -0.15) is 5.10 Å². The molecule has 0 unspecified atom stereocenters. The Morgan fingerprint density at radius 1 is 1.32 bits per heavy atom. The zero-order chi connectivity index (χ0) is 13.7. The minimum absolute atomic E-state index is 0.0914. The highest BCUT2D eigenvalue weighted by atomic mass is 19.1. The van der Waals surface area contributed by atoms with Crippen LogP contribution in [0.25, 0.3) is 0 Å². The van der Waals surface area contributed by atoms with Crippen molar-refractivity contribution >= 4 is 17.3 Å². The summed E-state index contributed by atoms with van der Waals surface area (Å²) < 4.78 is 17.7. The van der Waals surface area contributed by atoms with Gasteiger partial charge in [0.05, 0.1) is 18.5 Å². The minimum Gasteiger partial charge on any atom is -0.461 e. The van der Waals surface area contributed by atoms with Crippen molar-refractivity contribution in [2.75, 3.05) is 11.9 Å². The van der Waals surface area contributed by atoms with Crippen LogP contribution in [0.1, 0.15) is 17.4 Å². The number of benzene rings is 1. The molecule has 19 heavy (non-hydrogen) atoms. The Bertz CT molecular complexity index is 572. The average Bonchev–Trinajstić information content (AvgIpc) is 2.42. The van der Waals surface area contributed by atoms with E-state index in [4.69, 9.17) is 4.74 Å². The third-order valence-electron chi connectivity index (χ3n) is 2.31. The van der Waals surface area contributed by atoms with E-state index in [1.807, 2.05) is 0 Å². The van der Waals surface area contributed by atoms with Gasteiger partial charge in [0.1, 0.15) is 5.82 Å². The molecule has 98 valence electrons. The van der Waals surface area contributed by atoms with Crippen LogP contribution < -0.4 is 5.32 Å². The topological polar surface area (TPSA) is 64.1 Å². The van der Waals surface area contributed by atoms with Crippen LogP contribution in [0.3, 0.4) is 0 Å². The molecule has 1 N–H and O–H groups in total. The van der Waals surface area contributed by atoms with Crippen molar-refractivity contribution in [3.05, 3.63) is 48.0 Å². The smallest absolute Gasteiger partial charge is 0.361 e. The molecule has 5 nitrogen and oxygen atoms in total. The predicted molar refractivity (Wildman–Crippen MR) is 67.7 cm³/mol.